The van der Waals surface area contributed by atoms with E-state index in [2.05, 4.69) is 12.2 Å². The number of ether oxygens (including phenoxy) is 2. The summed E-state index contributed by atoms with van der Waals surface area (Å²) in [5, 5.41) is 2.86. The van der Waals surface area contributed by atoms with Crippen molar-refractivity contribution >= 4 is 17.5 Å². The van der Waals surface area contributed by atoms with E-state index in [1.54, 1.807) is 47.4 Å². The maximum Gasteiger partial charge on any atom is 0.255 e. The number of rotatable bonds is 6. The van der Waals surface area contributed by atoms with E-state index in [1.807, 2.05) is 13.0 Å². The molecule has 0 saturated carbocycles. The molecule has 6 heteroatoms. The van der Waals surface area contributed by atoms with Crippen LogP contribution in [0.4, 0.5) is 5.69 Å². The summed E-state index contributed by atoms with van der Waals surface area (Å²) in [5.74, 6) is 0.436. The number of hydrogen-bond donors (Lipinski definition) is 1. The van der Waals surface area contributed by atoms with Crippen LogP contribution in [0, 0.1) is 0 Å². The van der Waals surface area contributed by atoms with Gasteiger partial charge in [0.15, 0.2) is 0 Å². The predicted octanol–water partition coefficient (Wildman–Crippen LogP) is 3.59. The van der Waals surface area contributed by atoms with Gasteiger partial charge in [0, 0.05) is 29.9 Å². The normalized spacial score (nSPS) is 15.0. The van der Waals surface area contributed by atoms with Gasteiger partial charge < -0.3 is 19.7 Å². The molecule has 28 heavy (non-hydrogen) atoms. The first-order valence-electron chi connectivity index (χ1n) is 9.62. The fourth-order valence-electron chi connectivity index (χ4n) is 2.87. The third kappa shape index (κ3) is 5.10. The average molecular weight is 382 g/mol. The van der Waals surface area contributed by atoms with Crippen molar-refractivity contribution in [2.75, 3.05) is 31.6 Å². The third-order valence-electron chi connectivity index (χ3n) is 4.70. The van der Waals surface area contributed by atoms with Crippen LogP contribution in [0.15, 0.2) is 48.5 Å². The molecule has 0 spiro atoms. The van der Waals surface area contributed by atoms with E-state index in [1.165, 1.54) is 0 Å². The topological polar surface area (TPSA) is 67.9 Å². The van der Waals surface area contributed by atoms with Gasteiger partial charge in [-0.25, -0.2) is 0 Å². The van der Waals surface area contributed by atoms with Crippen molar-refractivity contribution in [1.82, 2.24) is 4.90 Å². The molecule has 2 aromatic carbocycles. The molecule has 1 N–H and O–H groups in total. The summed E-state index contributed by atoms with van der Waals surface area (Å²) in [5.41, 5.74) is 1.76. The highest BCUT2D eigenvalue weighted by Crippen LogP contribution is 2.18. The molecule has 3 rings (SSSR count). The summed E-state index contributed by atoms with van der Waals surface area (Å²) in [6, 6.07) is 14.1. The molecule has 1 atom stereocenters. The summed E-state index contributed by atoms with van der Waals surface area (Å²) in [6.45, 7) is 6.39. The Labute approximate surface area is 165 Å². The molecule has 148 valence electrons. The van der Waals surface area contributed by atoms with Gasteiger partial charge in [0.2, 0.25) is 0 Å². The molecule has 2 amide bonds. The van der Waals surface area contributed by atoms with Crippen LogP contribution in [0.2, 0.25) is 0 Å². The summed E-state index contributed by atoms with van der Waals surface area (Å²) in [7, 11) is 0. The van der Waals surface area contributed by atoms with Gasteiger partial charge in [0.1, 0.15) is 5.75 Å². The van der Waals surface area contributed by atoms with Crippen LogP contribution < -0.4 is 10.1 Å². The quantitative estimate of drug-likeness (QED) is 0.829. The van der Waals surface area contributed by atoms with Crippen molar-refractivity contribution in [2.24, 2.45) is 0 Å². The SMILES string of the molecule is CC[C@@H](C)Oc1cccc(C(=O)Nc2ccc(C(=O)N3CCOCC3)cc2)c1. The van der Waals surface area contributed by atoms with Gasteiger partial charge in [0.05, 0.1) is 19.3 Å². The van der Waals surface area contributed by atoms with Gasteiger partial charge in [0.25, 0.3) is 11.8 Å². The second kappa shape index (κ2) is 9.37. The van der Waals surface area contributed by atoms with E-state index in [4.69, 9.17) is 9.47 Å². The smallest absolute Gasteiger partial charge is 0.255 e. The first kappa shape index (κ1) is 19.9. The van der Waals surface area contributed by atoms with Crippen LogP contribution in [0.25, 0.3) is 0 Å². The molecular weight excluding hydrogens is 356 g/mol. The average Bonchev–Trinajstić information content (AvgIpc) is 2.74. The Kier molecular flexibility index (Phi) is 6.66. The van der Waals surface area contributed by atoms with Gasteiger partial charge in [-0.1, -0.05) is 13.0 Å². The van der Waals surface area contributed by atoms with E-state index in [0.29, 0.717) is 48.9 Å². The lowest BCUT2D eigenvalue weighted by Crippen LogP contribution is -2.40. The molecule has 2 aromatic rings. The summed E-state index contributed by atoms with van der Waals surface area (Å²) in [6.07, 6.45) is 0.987. The van der Waals surface area contributed by atoms with Crippen molar-refractivity contribution in [1.29, 1.82) is 0 Å². The number of carbonyl (C=O) groups is 2. The van der Waals surface area contributed by atoms with Crippen molar-refractivity contribution in [3.05, 3.63) is 59.7 Å². The Balaban J connectivity index is 1.63. The summed E-state index contributed by atoms with van der Waals surface area (Å²) >= 11 is 0. The maximum absolute atomic E-state index is 12.5. The monoisotopic (exact) mass is 382 g/mol. The van der Waals surface area contributed by atoms with Crippen LogP contribution >= 0.6 is 0 Å². The van der Waals surface area contributed by atoms with E-state index >= 15 is 0 Å². The van der Waals surface area contributed by atoms with Crippen LogP contribution in [-0.4, -0.2) is 49.1 Å². The van der Waals surface area contributed by atoms with Crippen molar-refractivity contribution in [2.45, 2.75) is 26.4 Å². The standard InChI is InChI=1S/C22H26N2O4/c1-3-16(2)28-20-6-4-5-18(15-20)21(25)23-19-9-7-17(8-10-19)22(26)24-11-13-27-14-12-24/h4-10,15-16H,3,11-14H2,1-2H3,(H,23,25)/t16-/m1/s1. The largest absolute Gasteiger partial charge is 0.491 e. The van der Waals surface area contributed by atoms with Crippen LogP contribution in [0.1, 0.15) is 41.0 Å². The fraction of sp³-hybridized carbons (Fsp3) is 0.364. The highest BCUT2D eigenvalue weighted by Gasteiger charge is 2.18. The van der Waals surface area contributed by atoms with Gasteiger partial charge >= 0.3 is 0 Å². The number of hydrogen-bond acceptors (Lipinski definition) is 4. The van der Waals surface area contributed by atoms with E-state index < -0.39 is 0 Å². The fourth-order valence-corrected chi connectivity index (χ4v) is 2.87. The molecule has 1 heterocycles. The highest BCUT2D eigenvalue weighted by atomic mass is 16.5. The molecule has 1 aliphatic rings. The van der Waals surface area contributed by atoms with E-state index in [-0.39, 0.29) is 17.9 Å². The molecule has 0 radical (unpaired) electrons. The number of benzene rings is 2. The zero-order chi connectivity index (χ0) is 19.9. The molecule has 6 nitrogen and oxygen atoms in total. The van der Waals surface area contributed by atoms with E-state index in [9.17, 15) is 9.59 Å². The second-order valence-corrected chi connectivity index (χ2v) is 6.80. The van der Waals surface area contributed by atoms with Gasteiger partial charge in [-0.3, -0.25) is 9.59 Å². The zero-order valence-corrected chi connectivity index (χ0v) is 16.3. The molecule has 0 aromatic heterocycles. The number of carbonyl (C=O) groups excluding carboxylic acids is 2. The van der Waals surface area contributed by atoms with Crippen LogP contribution in [-0.2, 0) is 4.74 Å². The molecule has 1 saturated heterocycles. The van der Waals surface area contributed by atoms with Crippen molar-refractivity contribution in [3.63, 3.8) is 0 Å². The van der Waals surface area contributed by atoms with Crippen LogP contribution in [0.3, 0.4) is 0 Å². The molecular formula is C22H26N2O4. The number of morpholine rings is 1. The highest BCUT2D eigenvalue weighted by molar-refractivity contribution is 6.04. The second-order valence-electron chi connectivity index (χ2n) is 6.80. The molecule has 0 bridgehead atoms. The molecule has 0 unspecified atom stereocenters. The number of nitrogens with one attached hydrogen (secondary N) is 1. The molecule has 1 aliphatic heterocycles. The van der Waals surface area contributed by atoms with E-state index in [0.717, 1.165) is 6.42 Å². The number of nitrogens with zero attached hydrogens (tertiary/aromatic N) is 1. The van der Waals surface area contributed by atoms with Crippen molar-refractivity contribution < 1.29 is 19.1 Å². The Bertz CT molecular complexity index is 814. The van der Waals surface area contributed by atoms with Crippen LogP contribution in [0.5, 0.6) is 5.75 Å². The first-order valence-corrected chi connectivity index (χ1v) is 9.62. The zero-order valence-electron chi connectivity index (χ0n) is 16.3. The minimum absolute atomic E-state index is 0.0175. The lowest BCUT2D eigenvalue weighted by molar-refractivity contribution is 0.0303. The van der Waals surface area contributed by atoms with Gasteiger partial charge in [-0.05, 0) is 55.8 Å². The lowest BCUT2D eigenvalue weighted by atomic mass is 10.1. The number of anilines is 1. The Morgan fingerprint density at radius 2 is 1.82 bits per heavy atom. The first-order chi connectivity index (χ1) is 13.6. The lowest BCUT2D eigenvalue weighted by Gasteiger charge is -2.26. The minimum atomic E-state index is -0.221. The number of amides is 2. The molecule has 1 fully saturated rings. The Hall–Kier alpha value is -2.86. The Morgan fingerprint density at radius 3 is 2.50 bits per heavy atom. The summed E-state index contributed by atoms with van der Waals surface area (Å²) < 4.78 is 11.0. The van der Waals surface area contributed by atoms with Crippen molar-refractivity contribution in [3.8, 4) is 5.75 Å². The summed E-state index contributed by atoms with van der Waals surface area (Å²) in [4.78, 5) is 26.8. The molecule has 0 aliphatic carbocycles. The third-order valence-corrected chi connectivity index (χ3v) is 4.70. The Morgan fingerprint density at radius 1 is 1.11 bits per heavy atom. The van der Waals surface area contributed by atoms with Gasteiger partial charge in [-0.15, -0.1) is 0 Å². The predicted molar refractivity (Wildman–Crippen MR) is 108 cm³/mol. The maximum atomic E-state index is 12.5. The van der Waals surface area contributed by atoms with Gasteiger partial charge in [-0.2, -0.15) is 0 Å². The minimum Gasteiger partial charge on any atom is -0.491 e.